The topological polar surface area (TPSA) is 71.3 Å². The lowest BCUT2D eigenvalue weighted by Crippen LogP contribution is -2.40. The molecule has 0 aliphatic carbocycles. The predicted molar refractivity (Wildman–Crippen MR) is 92.9 cm³/mol. The Hall–Kier alpha value is -1.86. The van der Waals surface area contributed by atoms with Gasteiger partial charge in [0, 0.05) is 37.6 Å². The minimum absolute atomic E-state index is 0.141. The highest BCUT2D eigenvalue weighted by Crippen LogP contribution is 2.18. The minimum Gasteiger partial charge on any atom is -0.459 e. The summed E-state index contributed by atoms with van der Waals surface area (Å²) >= 11 is 1.55. The molecular weight excluding hydrogens is 324 g/mol. The number of rotatable bonds is 6. The Morgan fingerprint density at radius 3 is 3.00 bits per heavy atom. The van der Waals surface area contributed by atoms with Crippen molar-refractivity contribution in [3.63, 3.8) is 0 Å². The third-order valence-electron chi connectivity index (χ3n) is 4.17. The number of thioether (sulfide) groups is 1. The molecule has 1 saturated heterocycles. The quantitative estimate of drug-likeness (QED) is 0.640. The molecule has 1 aliphatic rings. The summed E-state index contributed by atoms with van der Waals surface area (Å²) in [5.74, 6) is 0.691. The molecular formula is C17H22N4O2S. The molecule has 1 aliphatic heterocycles. The summed E-state index contributed by atoms with van der Waals surface area (Å²) < 4.78 is 5.12. The van der Waals surface area contributed by atoms with Crippen LogP contribution in [0.5, 0.6) is 0 Å². The van der Waals surface area contributed by atoms with Crippen molar-refractivity contribution in [2.75, 3.05) is 25.9 Å². The van der Waals surface area contributed by atoms with E-state index in [-0.39, 0.29) is 5.91 Å². The number of hydrogen-bond acceptors (Lipinski definition) is 6. The smallest absolute Gasteiger partial charge is 0.286 e. The molecule has 128 valence electrons. The molecule has 0 bridgehead atoms. The number of nitrogens with one attached hydrogen (secondary N) is 1. The Balaban J connectivity index is 1.47. The number of nitrogens with zero attached hydrogens (tertiary/aromatic N) is 3. The van der Waals surface area contributed by atoms with E-state index in [2.05, 4.69) is 20.2 Å². The van der Waals surface area contributed by atoms with Crippen molar-refractivity contribution in [3.8, 4) is 0 Å². The van der Waals surface area contributed by atoms with Gasteiger partial charge >= 0.3 is 0 Å². The Kier molecular flexibility index (Phi) is 5.87. The zero-order valence-corrected chi connectivity index (χ0v) is 14.6. The van der Waals surface area contributed by atoms with Gasteiger partial charge in [0.2, 0.25) is 0 Å². The molecule has 6 nitrogen and oxygen atoms in total. The summed E-state index contributed by atoms with van der Waals surface area (Å²) in [6.45, 7) is 3.59. The summed E-state index contributed by atoms with van der Waals surface area (Å²) in [7, 11) is 0. The third kappa shape index (κ3) is 4.58. The van der Waals surface area contributed by atoms with Gasteiger partial charge in [-0.05, 0) is 43.7 Å². The fourth-order valence-corrected chi connectivity index (χ4v) is 3.30. The van der Waals surface area contributed by atoms with Crippen LogP contribution in [0, 0.1) is 5.92 Å². The number of furan rings is 1. The minimum atomic E-state index is -0.141. The van der Waals surface area contributed by atoms with Gasteiger partial charge in [0.1, 0.15) is 0 Å². The van der Waals surface area contributed by atoms with E-state index in [4.69, 9.17) is 4.42 Å². The monoisotopic (exact) mass is 346 g/mol. The van der Waals surface area contributed by atoms with E-state index in [0.717, 1.165) is 43.2 Å². The van der Waals surface area contributed by atoms with Crippen LogP contribution in [-0.4, -0.2) is 46.7 Å². The molecule has 3 heterocycles. The lowest BCUT2D eigenvalue weighted by molar-refractivity contribution is 0.0903. The standard InChI is InChI=1S/C17H22N4O2S/c1-24-17-19-9-14(10-20-17)12-21-6-2-4-13(11-21)8-18-16(22)15-5-3-7-23-15/h3,5,7,9-10,13H,2,4,6,8,11-12H2,1H3,(H,18,22). The van der Waals surface area contributed by atoms with Crippen molar-refractivity contribution in [2.45, 2.75) is 24.5 Å². The zero-order chi connectivity index (χ0) is 16.8. The van der Waals surface area contributed by atoms with Crippen molar-refractivity contribution < 1.29 is 9.21 Å². The summed E-state index contributed by atoms with van der Waals surface area (Å²) in [4.78, 5) is 23.0. The van der Waals surface area contributed by atoms with Gasteiger partial charge in [0.15, 0.2) is 10.9 Å². The number of carbonyl (C=O) groups is 1. The molecule has 0 spiro atoms. The molecule has 1 atom stereocenters. The average Bonchev–Trinajstić information content (AvgIpc) is 3.15. The number of hydrogen-bond donors (Lipinski definition) is 1. The van der Waals surface area contributed by atoms with Crippen LogP contribution < -0.4 is 5.32 Å². The number of piperidine rings is 1. The van der Waals surface area contributed by atoms with E-state index in [1.165, 1.54) is 6.26 Å². The van der Waals surface area contributed by atoms with Crippen molar-refractivity contribution in [3.05, 3.63) is 42.1 Å². The van der Waals surface area contributed by atoms with Gasteiger partial charge in [0.25, 0.3) is 5.91 Å². The second-order valence-corrected chi connectivity index (χ2v) is 6.78. The van der Waals surface area contributed by atoms with E-state index in [9.17, 15) is 4.79 Å². The van der Waals surface area contributed by atoms with E-state index < -0.39 is 0 Å². The Morgan fingerprint density at radius 2 is 2.29 bits per heavy atom. The summed E-state index contributed by atoms with van der Waals surface area (Å²) in [6, 6.07) is 3.41. The van der Waals surface area contributed by atoms with E-state index in [1.54, 1.807) is 23.9 Å². The lowest BCUT2D eigenvalue weighted by Gasteiger charge is -2.32. The lowest BCUT2D eigenvalue weighted by atomic mass is 9.97. The predicted octanol–water partition coefficient (Wildman–Crippen LogP) is 2.43. The first-order chi connectivity index (χ1) is 11.7. The molecule has 0 aromatic carbocycles. The van der Waals surface area contributed by atoms with E-state index in [0.29, 0.717) is 18.2 Å². The summed E-state index contributed by atoms with van der Waals surface area (Å²) in [5.41, 5.74) is 1.13. The van der Waals surface area contributed by atoms with Gasteiger partial charge in [-0.2, -0.15) is 0 Å². The van der Waals surface area contributed by atoms with Crippen LogP contribution in [0.15, 0.2) is 40.4 Å². The first-order valence-electron chi connectivity index (χ1n) is 8.13. The van der Waals surface area contributed by atoms with Gasteiger partial charge in [-0.25, -0.2) is 9.97 Å². The zero-order valence-electron chi connectivity index (χ0n) is 13.8. The Labute approximate surface area is 146 Å². The van der Waals surface area contributed by atoms with Crippen LogP contribution in [-0.2, 0) is 6.54 Å². The third-order valence-corrected chi connectivity index (χ3v) is 4.75. The average molecular weight is 346 g/mol. The molecule has 2 aromatic rings. The SMILES string of the molecule is CSc1ncc(CN2CCCC(CNC(=O)c3ccco3)C2)cn1. The van der Waals surface area contributed by atoms with E-state index in [1.807, 2.05) is 18.6 Å². The molecule has 0 radical (unpaired) electrons. The van der Waals surface area contributed by atoms with E-state index >= 15 is 0 Å². The Bertz CT molecular complexity index is 645. The second kappa shape index (κ2) is 8.30. The second-order valence-electron chi connectivity index (χ2n) is 6.01. The molecule has 1 N–H and O–H groups in total. The summed E-state index contributed by atoms with van der Waals surface area (Å²) in [5, 5.41) is 3.77. The van der Waals surface area contributed by atoms with Crippen LogP contribution in [0.2, 0.25) is 0 Å². The number of carbonyl (C=O) groups excluding carboxylic acids is 1. The molecule has 7 heteroatoms. The van der Waals surface area contributed by atoms with Crippen LogP contribution in [0.1, 0.15) is 29.0 Å². The molecule has 24 heavy (non-hydrogen) atoms. The van der Waals surface area contributed by atoms with Gasteiger partial charge in [-0.1, -0.05) is 11.8 Å². The van der Waals surface area contributed by atoms with Crippen molar-refractivity contribution in [1.29, 1.82) is 0 Å². The molecule has 2 aromatic heterocycles. The van der Waals surface area contributed by atoms with Crippen molar-refractivity contribution in [2.24, 2.45) is 5.92 Å². The first-order valence-corrected chi connectivity index (χ1v) is 9.36. The van der Waals surface area contributed by atoms with Crippen molar-refractivity contribution in [1.82, 2.24) is 20.2 Å². The van der Waals surface area contributed by atoms with Gasteiger partial charge < -0.3 is 9.73 Å². The first kappa shape index (κ1) is 17.0. The number of amides is 1. The Morgan fingerprint density at radius 1 is 1.46 bits per heavy atom. The van der Waals surface area contributed by atoms with Crippen molar-refractivity contribution >= 4 is 17.7 Å². The molecule has 3 rings (SSSR count). The van der Waals surface area contributed by atoms with Crippen LogP contribution >= 0.6 is 11.8 Å². The fraction of sp³-hybridized carbons (Fsp3) is 0.471. The van der Waals surface area contributed by atoms with Crippen LogP contribution in [0.3, 0.4) is 0 Å². The highest BCUT2D eigenvalue weighted by Gasteiger charge is 2.21. The molecule has 1 fully saturated rings. The van der Waals surface area contributed by atoms with Crippen LogP contribution in [0.4, 0.5) is 0 Å². The van der Waals surface area contributed by atoms with Crippen LogP contribution in [0.25, 0.3) is 0 Å². The molecule has 1 amide bonds. The van der Waals surface area contributed by atoms with Gasteiger partial charge in [-0.3, -0.25) is 9.69 Å². The number of aromatic nitrogens is 2. The van der Waals surface area contributed by atoms with Gasteiger partial charge in [0.05, 0.1) is 6.26 Å². The molecule has 0 saturated carbocycles. The fourth-order valence-electron chi connectivity index (χ4n) is 2.98. The molecule has 1 unspecified atom stereocenters. The normalized spacial score (nSPS) is 18.5. The maximum absolute atomic E-state index is 11.9. The largest absolute Gasteiger partial charge is 0.459 e. The highest BCUT2D eigenvalue weighted by molar-refractivity contribution is 7.98. The maximum atomic E-state index is 11.9. The summed E-state index contributed by atoms with van der Waals surface area (Å²) in [6.07, 6.45) is 9.58. The van der Waals surface area contributed by atoms with Gasteiger partial charge in [-0.15, -0.1) is 0 Å². The maximum Gasteiger partial charge on any atom is 0.286 e. The number of likely N-dealkylation sites (tertiary alicyclic amines) is 1. The highest BCUT2D eigenvalue weighted by atomic mass is 32.2.